The van der Waals surface area contributed by atoms with Crippen molar-refractivity contribution >= 4 is 43.2 Å². The Balaban J connectivity index is 1.83. The molecule has 0 aromatic heterocycles. The summed E-state index contributed by atoms with van der Waals surface area (Å²) in [7, 11) is -4.77. The quantitative estimate of drug-likeness (QED) is 0.546. The normalized spacial score (nSPS) is 17.4. The molecule has 3 rings (SSSR count). The van der Waals surface area contributed by atoms with Gasteiger partial charge in [0.2, 0.25) is 26.0 Å². The number of rotatable bonds is 8. The summed E-state index contributed by atoms with van der Waals surface area (Å²) in [6.07, 6.45) is 0.996. The summed E-state index contributed by atoms with van der Waals surface area (Å²) < 4.78 is 59.7. The zero-order valence-electron chi connectivity index (χ0n) is 20.1. The third kappa shape index (κ3) is 5.97. The molecule has 1 aliphatic rings. The molecule has 0 saturated carbocycles. The van der Waals surface area contributed by atoms with Gasteiger partial charge >= 0.3 is 0 Å². The van der Waals surface area contributed by atoms with Crippen LogP contribution in [0.4, 0.5) is 5.69 Å². The molecule has 1 atom stereocenters. The Morgan fingerprint density at radius 1 is 1.17 bits per heavy atom. The molecule has 1 saturated heterocycles. The number of aryl methyl sites for hydroxylation is 1. The fourth-order valence-electron chi connectivity index (χ4n) is 3.81. The van der Waals surface area contributed by atoms with E-state index in [9.17, 15) is 21.6 Å². The summed E-state index contributed by atoms with van der Waals surface area (Å²) in [6.45, 7) is 4.05. The number of piperidine rings is 1. The van der Waals surface area contributed by atoms with Crippen LogP contribution in [0.25, 0.3) is 0 Å². The second-order valence-corrected chi connectivity index (χ2v) is 13.0. The zero-order chi connectivity index (χ0) is 26.0. The molecule has 35 heavy (non-hydrogen) atoms. The summed E-state index contributed by atoms with van der Waals surface area (Å²) in [5, 5.41) is 3.06. The van der Waals surface area contributed by atoms with Crippen molar-refractivity contribution in [2.24, 2.45) is 5.92 Å². The zero-order valence-corrected chi connectivity index (χ0v) is 22.5. The van der Waals surface area contributed by atoms with E-state index in [2.05, 4.69) is 5.32 Å². The van der Waals surface area contributed by atoms with E-state index in [-0.39, 0.29) is 46.2 Å². The first-order valence-corrected chi connectivity index (χ1v) is 14.4. The third-order valence-corrected chi connectivity index (χ3v) is 9.76. The number of anilines is 1. The summed E-state index contributed by atoms with van der Waals surface area (Å²) in [6, 6.07) is 8.95. The maximum absolute atomic E-state index is 13.4. The SMILES string of the molecule is CCOc1ccc(Cl)cc1S(=O)(=O)N1CCCC(C(=O)Nc2cc(S(=O)(=O)N(C)C)ccc2C)C1. The number of hydrogen-bond acceptors (Lipinski definition) is 6. The predicted octanol–water partition coefficient (Wildman–Crippen LogP) is 3.34. The van der Waals surface area contributed by atoms with Crippen LogP contribution in [-0.4, -0.2) is 65.1 Å². The molecule has 1 N–H and O–H groups in total. The number of carbonyl (C=O) groups is 1. The lowest BCUT2D eigenvalue weighted by Crippen LogP contribution is -2.43. The van der Waals surface area contributed by atoms with Gasteiger partial charge in [0.1, 0.15) is 10.6 Å². The largest absolute Gasteiger partial charge is 0.492 e. The highest BCUT2D eigenvalue weighted by Crippen LogP contribution is 2.32. The molecule has 1 amide bonds. The minimum Gasteiger partial charge on any atom is -0.492 e. The van der Waals surface area contributed by atoms with Gasteiger partial charge in [0, 0.05) is 37.9 Å². The number of amides is 1. The van der Waals surface area contributed by atoms with Gasteiger partial charge in [0.05, 0.1) is 17.4 Å². The average molecular weight is 544 g/mol. The first-order chi connectivity index (χ1) is 16.4. The molecule has 12 heteroatoms. The van der Waals surface area contributed by atoms with Crippen molar-refractivity contribution in [2.75, 3.05) is 39.1 Å². The number of carbonyl (C=O) groups excluding carboxylic acids is 1. The molecule has 2 aromatic carbocycles. The molecule has 1 fully saturated rings. The summed E-state index contributed by atoms with van der Waals surface area (Å²) in [5.41, 5.74) is 1.06. The predicted molar refractivity (Wildman–Crippen MR) is 135 cm³/mol. The monoisotopic (exact) mass is 543 g/mol. The van der Waals surface area contributed by atoms with E-state index in [0.717, 1.165) is 4.31 Å². The molecule has 2 aromatic rings. The second kappa shape index (κ2) is 10.8. The van der Waals surface area contributed by atoms with Gasteiger partial charge in [0.25, 0.3) is 0 Å². The highest BCUT2D eigenvalue weighted by Gasteiger charge is 2.35. The van der Waals surface area contributed by atoms with Gasteiger partial charge < -0.3 is 10.1 Å². The Kier molecular flexibility index (Phi) is 8.48. The summed E-state index contributed by atoms with van der Waals surface area (Å²) in [4.78, 5) is 13.1. The van der Waals surface area contributed by atoms with Crippen LogP contribution in [0.5, 0.6) is 5.75 Å². The van der Waals surface area contributed by atoms with Crippen molar-refractivity contribution in [3.05, 3.63) is 47.0 Å². The molecule has 192 valence electrons. The first-order valence-electron chi connectivity index (χ1n) is 11.1. The smallest absolute Gasteiger partial charge is 0.246 e. The van der Waals surface area contributed by atoms with Crippen molar-refractivity contribution in [1.82, 2.24) is 8.61 Å². The number of hydrogen-bond donors (Lipinski definition) is 1. The molecule has 0 aliphatic carbocycles. The number of nitrogens with zero attached hydrogens (tertiary/aromatic N) is 2. The molecule has 0 bridgehead atoms. The van der Waals surface area contributed by atoms with Crippen molar-refractivity contribution < 1.29 is 26.4 Å². The van der Waals surface area contributed by atoms with Crippen LogP contribution in [0.2, 0.25) is 5.02 Å². The van der Waals surface area contributed by atoms with E-state index >= 15 is 0 Å². The standard InChI is InChI=1S/C23H30ClN3O6S2/c1-5-33-21-11-9-18(24)13-22(21)35(31,32)27-12-6-7-17(15-27)23(28)25-20-14-19(10-8-16(20)2)34(29,30)26(3)4/h8-11,13-14,17H,5-7,12,15H2,1-4H3,(H,25,28). The lowest BCUT2D eigenvalue weighted by atomic mass is 9.98. The average Bonchev–Trinajstić information content (AvgIpc) is 2.81. The molecule has 1 heterocycles. The molecular formula is C23H30ClN3O6S2. The van der Waals surface area contributed by atoms with Gasteiger partial charge in [-0.3, -0.25) is 4.79 Å². The Hall–Kier alpha value is -2.18. The summed E-state index contributed by atoms with van der Waals surface area (Å²) in [5.74, 6) is -0.775. The van der Waals surface area contributed by atoms with Crippen LogP contribution in [0.1, 0.15) is 25.3 Å². The van der Waals surface area contributed by atoms with E-state index in [0.29, 0.717) is 24.1 Å². The molecule has 0 radical (unpaired) electrons. The van der Waals surface area contributed by atoms with E-state index < -0.39 is 26.0 Å². The van der Waals surface area contributed by atoms with E-state index in [4.69, 9.17) is 16.3 Å². The molecule has 1 aliphatic heterocycles. The number of benzene rings is 2. The number of halogens is 1. The number of nitrogens with one attached hydrogen (secondary N) is 1. The maximum Gasteiger partial charge on any atom is 0.246 e. The van der Waals surface area contributed by atoms with Crippen LogP contribution in [-0.2, 0) is 24.8 Å². The van der Waals surface area contributed by atoms with Gasteiger partial charge in [0.15, 0.2) is 0 Å². The number of sulfonamides is 2. The third-order valence-electron chi connectivity index (χ3n) is 5.82. The van der Waals surface area contributed by atoms with Gasteiger partial charge in [-0.05, 0) is 62.6 Å². The highest BCUT2D eigenvalue weighted by atomic mass is 35.5. The maximum atomic E-state index is 13.4. The second-order valence-electron chi connectivity index (χ2n) is 8.48. The minimum absolute atomic E-state index is 0.0129. The number of ether oxygens (including phenoxy) is 1. The van der Waals surface area contributed by atoms with Gasteiger partial charge in [-0.1, -0.05) is 17.7 Å². The Bertz CT molecular complexity index is 1310. The van der Waals surface area contributed by atoms with Crippen molar-refractivity contribution in [3.63, 3.8) is 0 Å². The van der Waals surface area contributed by atoms with E-state index in [1.807, 2.05) is 0 Å². The minimum atomic E-state index is -3.96. The molecule has 1 unspecified atom stereocenters. The van der Waals surface area contributed by atoms with Gasteiger partial charge in [-0.2, -0.15) is 4.31 Å². The Labute approximate surface area is 212 Å². The lowest BCUT2D eigenvalue weighted by Gasteiger charge is -2.31. The molecule has 0 spiro atoms. The van der Waals surface area contributed by atoms with E-state index in [1.165, 1.54) is 42.7 Å². The first kappa shape index (κ1) is 27.4. The fourth-order valence-corrected chi connectivity index (χ4v) is 6.66. The fraction of sp³-hybridized carbons (Fsp3) is 0.435. The topological polar surface area (TPSA) is 113 Å². The van der Waals surface area contributed by atoms with E-state index in [1.54, 1.807) is 26.0 Å². The molecule has 9 nitrogen and oxygen atoms in total. The Morgan fingerprint density at radius 2 is 1.89 bits per heavy atom. The van der Waals surface area contributed by atoms with Crippen molar-refractivity contribution in [3.8, 4) is 5.75 Å². The van der Waals surface area contributed by atoms with Crippen LogP contribution >= 0.6 is 11.6 Å². The Morgan fingerprint density at radius 3 is 2.54 bits per heavy atom. The van der Waals surface area contributed by atoms with Gasteiger partial charge in [-0.25, -0.2) is 21.1 Å². The van der Waals surface area contributed by atoms with Crippen LogP contribution in [0.15, 0.2) is 46.2 Å². The van der Waals surface area contributed by atoms with Gasteiger partial charge in [-0.15, -0.1) is 0 Å². The van der Waals surface area contributed by atoms with Crippen molar-refractivity contribution in [1.29, 1.82) is 0 Å². The van der Waals surface area contributed by atoms with Crippen LogP contribution in [0.3, 0.4) is 0 Å². The van der Waals surface area contributed by atoms with Crippen molar-refractivity contribution in [2.45, 2.75) is 36.5 Å². The van der Waals surface area contributed by atoms with Crippen LogP contribution < -0.4 is 10.1 Å². The molecular weight excluding hydrogens is 514 g/mol. The lowest BCUT2D eigenvalue weighted by molar-refractivity contribution is -0.120. The van der Waals surface area contributed by atoms with Crippen LogP contribution in [0, 0.1) is 12.8 Å². The highest BCUT2D eigenvalue weighted by molar-refractivity contribution is 7.89. The summed E-state index contributed by atoms with van der Waals surface area (Å²) >= 11 is 6.06.